The molecular formula is C21H24Cl2N2O3S. The fourth-order valence-corrected chi connectivity index (χ4v) is 3.58. The van der Waals surface area contributed by atoms with Crippen LogP contribution in [0.1, 0.15) is 29.3 Å². The molecule has 0 aromatic heterocycles. The number of hydrogen-bond donors (Lipinski definition) is 2. The summed E-state index contributed by atoms with van der Waals surface area (Å²) in [6, 6.07) is 12.4. The van der Waals surface area contributed by atoms with Gasteiger partial charge in [0.05, 0.1) is 27.0 Å². The van der Waals surface area contributed by atoms with Gasteiger partial charge in [-0.2, -0.15) is 0 Å². The first kappa shape index (κ1) is 23.5. The number of thioether (sulfide) groups is 1. The van der Waals surface area contributed by atoms with Crippen LogP contribution in [0.25, 0.3) is 0 Å². The molecule has 29 heavy (non-hydrogen) atoms. The smallest absolute Gasteiger partial charge is 0.253 e. The van der Waals surface area contributed by atoms with Crippen LogP contribution in [0.5, 0.6) is 0 Å². The highest BCUT2D eigenvalue weighted by molar-refractivity contribution is 7.99. The number of benzene rings is 2. The highest BCUT2D eigenvalue weighted by Gasteiger charge is 2.13. The Morgan fingerprint density at radius 1 is 1.10 bits per heavy atom. The maximum atomic E-state index is 12.4. The van der Waals surface area contributed by atoms with E-state index in [1.807, 2.05) is 13.0 Å². The first-order valence-corrected chi connectivity index (χ1v) is 11.2. The van der Waals surface area contributed by atoms with Gasteiger partial charge in [-0.3, -0.25) is 9.59 Å². The molecule has 0 saturated carbocycles. The van der Waals surface area contributed by atoms with Gasteiger partial charge in [-0.05, 0) is 43.2 Å². The van der Waals surface area contributed by atoms with Crippen molar-refractivity contribution in [2.24, 2.45) is 0 Å². The van der Waals surface area contributed by atoms with Gasteiger partial charge < -0.3 is 15.4 Å². The molecule has 0 unspecified atom stereocenters. The van der Waals surface area contributed by atoms with E-state index < -0.39 is 0 Å². The zero-order valence-corrected chi connectivity index (χ0v) is 18.5. The molecule has 0 bridgehead atoms. The zero-order chi connectivity index (χ0) is 21.1. The molecule has 0 fully saturated rings. The molecule has 0 saturated heterocycles. The van der Waals surface area contributed by atoms with Gasteiger partial charge in [-0.1, -0.05) is 41.4 Å². The number of ether oxygens (including phenoxy) is 1. The average Bonchev–Trinajstić information content (AvgIpc) is 2.71. The van der Waals surface area contributed by atoms with Gasteiger partial charge >= 0.3 is 0 Å². The van der Waals surface area contributed by atoms with Gasteiger partial charge in [0.2, 0.25) is 5.91 Å². The summed E-state index contributed by atoms with van der Waals surface area (Å²) in [7, 11) is 0. The third-order valence-corrected chi connectivity index (χ3v) is 5.63. The predicted molar refractivity (Wildman–Crippen MR) is 121 cm³/mol. The monoisotopic (exact) mass is 454 g/mol. The molecule has 0 aliphatic rings. The van der Waals surface area contributed by atoms with Crippen LogP contribution in [-0.2, 0) is 15.3 Å². The number of hydrogen-bond acceptors (Lipinski definition) is 4. The minimum absolute atomic E-state index is 0.174. The third-order valence-electron chi connectivity index (χ3n) is 3.89. The van der Waals surface area contributed by atoms with Gasteiger partial charge in [-0.15, -0.1) is 11.8 Å². The molecule has 2 N–H and O–H groups in total. The third kappa shape index (κ3) is 8.26. The zero-order valence-electron chi connectivity index (χ0n) is 16.2. The number of rotatable bonds is 11. The fraction of sp³-hybridized carbons (Fsp3) is 0.333. The first-order chi connectivity index (χ1) is 14.0. The van der Waals surface area contributed by atoms with E-state index in [1.54, 1.807) is 36.4 Å². The Kier molecular flexibility index (Phi) is 10.4. The number of nitrogens with one attached hydrogen (secondary N) is 2. The molecule has 5 nitrogen and oxygen atoms in total. The van der Waals surface area contributed by atoms with E-state index >= 15 is 0 Å². The van der Waals surface area contributed by atoms with Crippen LogP contribution < -0.4 is 10.6 Å². The fourth-order valence-electron chi connectivity index (χ4n) is 2.48. The lowest BCUT2D eigenvalue weighted by Gasteiger charge is -2.11. The number of halogens is 2. The van der Waals surface area contributed by atoms with Crippen LogP contribution in [0.4, 0.5) is 5.69 Å². The molecule has 0 aliphatic heterocycles. The summed E-state index contributed by atoms with van der Waals surface area (Å²) in [6.07, 6.45) is 0.736. The minimum Gasteiger partial charge on any atom is -0.382 e. The highest BCUT2D eigenvalue weighted by Crippen LogP contribution is 2.24. The lowest BCUT2D eigenvalue weighted by Crippen LogP contribution is -2.27. The quantitative estimate of drug-likeness (QED) is 0.467. The van der Waals surface area contributed by atoms with Crippen molar-refractivity contribution in [1.82, 2.24) is 5.32 Å². The highest BCUT2D eigenvalue weighted by atomic mass is 35.5. The maximum Gasteiger partial charge on any atom is 0.253 e. The maximum absolute atomic E-state index is 12.4. The van der Waals surface area contributed by atoms with E-state index in [1.165, 1.54) is 11.8 Å². The van der Waals surface area contributed by atoms with Gasteiger partial charge in [0, 0.05) is 25.5 Å². The molecule has 8 heteroatoms. The number of para-hydroxylation sites is 1. The van der Waals surface area contributed by atoms with E-state index in [0.29, 0.717) is 46.8 Å². The van der Waals surface area contributed by atoms with E-state index in [4.69, 9.17) is 27.9 Å². The SMILES string of the molecule is CCOCCCNC(=O)c1ccccc1NC(=O)CSCc1ccc(Cl)c(Cl)c1. The van der Waals surface area contributed by atoms with Crippen molar-refractivity contribution in [2.45, 2.75) is 19.1 Å². The van der Waals surface area contributed by atoms with E-state index in [9.17, 15) is 9.59 Å². The minimum atomic E-state index is -0.221. The number of carbonyl (C=O) groups excluding carboxylic acids is 2. The van der Waals surface area contributed by atoms with Crippen LogP contribution >= 0.6 is 35.0 Å². The molecular weight excluding hydrogens is 431 g/mol. The van der Waals surface area contributed by atoms with Crippen molar-refractivity contribution in [3.05, 3.63) is 63.6 Å². The summed E-state index contributed by atoms with van der Waals surface area (Å²) in [5.74, 6) is 0.490. The molecule has 2 aromatic carbocycles. The lowest BCUT2D eigenvalue weighted by molar-refractivity contribution is -0.113. The Morgan fingerprint density at radius 2 is 1.90 bits per heavy atom. The van der Waals surface area contributed by atoms with Crippen molar-refractivity contribution in [2.75, 3.05) is 30.8 Å². The predicted octanol–water partition coefficient (Wildman–Crippen LogP) is 5.02. The van der Waals surface area contributed by atoms with Crippen LogP contribution in [0.2, 0.25) is 10.0 Å². The molecule has 2 rings (SSSR count). The Labute approximate surface area is 185 Å². The second-order valence-electron chi connectivity index (χ2n) is 6.14. The van der Waals surface area contributed by atoms with Gasteiger partial charge in [0.25, 0.3) is 5.91 Å². The standard InChI is InChI=1S/C21H24Cl2N2O3S/c1-2-28-11-5-10-24-21(27)16-6-3-4-7-19(16)25-20(26)14-29-13-15-8-9-17(22)18(23)12-15/h3-4,6-9,12H,2,5,10-11,13-14H2,1H3,(H,24,27)(H,25,26). The molecule has 0 aliphatic carbocycles. The topological polar surface area (TPSA) is 67.4 Å². The Morgan fingerprint density at radius 3 is 2.66 bits per heavy atom. The number of anilines is 1. The largest absolute Gasteiger partial charge is 0.382 e. The summed E-state index contributed by atoms with van der Waals surface area (Å²) in [6.45, 7) is 3.71. The van der Waals surface area contributed by atoms with Crippen LogP contribution in [0.3, 0.4) is 0 Å². The summed E-state index contributed by atoms with van der Waals surface area (Å²) >= 11 is 13.4. The molecule has 156 valence electrons. The summed E-state index contributed by atoms with van der Waals surface area (Å²) in [4.78, 5) is 24.7. The van der Waals surface area contributed by atoms with E-state index in [-0.39, 0.29) is 17.6 Å². The Balaban J connectivity index is 1.83. The molecule has 0 radical (unpaired) electrons. The summed E-state index contributed by atoms with van der Waals surface area (Å²) < 4.78 is 5.25. The Bertz CT molecular complexity index is 833. The summed E-state index contributed by atoms with van der Waals surface area (Å²) in [5, 5.41) is 6.66. The second kappa shape index (κ2) is 12.8. The van der Waals surface area contributed by atoms with Crippen molar-refractivity contribution in [3.63, 3.8) is 0 Å². The van der Waals surface area contributed by atoms with Crippen molar-refractivity contribution in [3.8, 4) is 0 Å². The van der Waals surface area contributed by atoms with E-state index in [0.717, 1.165) is 12.0 Å². The number of carbonyl (C=O) groups is 2. The van der Waals surface area contributed by atoms with Crippen molar-refractivity contribution < 1.29 is 14.3 Å². The molecule has 2 aromatic rings. The number of amides is 2. The van der Waals surface area contributed by atoms with Crippen LogP contribution in [-0.4, -0.2) is 37.3 Å². The molecule has 0 heterocycles. The Hall–Kier alpha value is -1.73. The van der Waals surface area contributed by atoms with Crippen LogP contribution in [0, 0.1) is 0 Å². The lowest BCUT2D eigenvalue weighted by atomic mass is 10.1. The molecule has 0 atom stereocenters. The molecule has 0 spiro atoms. The van der Waals surface area contributed by atoms with Crippen LogP contribution in [0.15, 0.2) is 42.5 Å². The normalized spacial score (nSPS) is 10.6. The van der Waals surface area contributed by atoms with Crippen molar-refractivity contribution >= 4 is 52.5 Å². The van der Waals surface area contributed by atoms with Gasteiger partial charge in [-0.25, -0.2) is 0 Å². The second-order valence-corrected chi connectivity index (χ2v) is 7.94. The average molecular weight is 455 g/mol. The van der Waals surface area contributed by atoms with Gasteiger partial charge in [0.15, 0.2) is 0 Å². The molecule has 2 amide bonds. The first-order valence-electron chi connectivity index (χ1n) is 9.27. The van der Waals surface area contributed by atoms with Gasteiger partial charge in [0.1, 0.15) is 0 Å². The van der Waals surface area contributed by atoms with E-state index in [2.05, 4.69) is 10.6 Å². The summed E-state index contributed by atoms with van der Waals surface area (Å²) in [5.41, 5.74) is 1.92. The van der Waals surface area contributed by atoms with Crippen molar-refractivity contribution in [1.29, 1.82) is 0 Å².